The van der Waals surface area contributed by atoms with Crippen LogP contribution in [0, 0.1) is 11.8 Å². The van der Waals surface area contributed by atoms with Crippen LogP contribution in [0.25, 0.3) is 0 Å². The van der Waals surface area contributed by atoms with E-state index in [0.29, 0.717) is 0 Å². The van der Waals surface area contributed by atoms with Crippen molar-refractivity contribution in [2.45, 2.75) is 25.7 Å². The largest absolute Gasteiger partial charge is 0.337 e. The van der Waals surface area contributed by atoms with Gasteiger partial charge in [-0.25, -0.2) is 0 Å². The third-order valence-corrected chi connectivity index (χ3v) is 3.24. The molecule has 0 atom stereocenters. The van der Waals surface area contributed by atoms with Gasteiger partial charge >= 0.3 is 0 Å². The van der Waals surface area contributed by atoms with Gasteiger partial charge in [0.05, 0.1) is 20.1 Å². The summed E-state index contributed by atoms with van der Waals surface area (Å²) in [6.45, 7) is 2.91. The summed E-state index contributed by atoms with van der Waals surface area (Å²) in [5.41, 5.74) is 0. The number of hydrogen-bond acceptors (Lipinski definition) is 0. The van der Waals surface area contributed by atoms with E-state index in [1.807, 2.05) is 0 Å². The zero-order chi connectivity index (χ0) is 6.97. The maximum atomic E-state index is 2.36. The molecule has 0 amide bonds. The van der Waals surface area contributed by atoms with Gasteiger partial charge in [0.2, 0.25) is 0 Å². The second-order valence-electron chi connectivity index (χ2n) is 4.25. The normalized spacial score (nSPS) is 47.1. The predicted octanol–water partition coefficient (Wildman–Crippen LogP) is 0.321. The molecule has 3 fully saturated rings. The van der Waals surface area contributed by atoms with Crippen molar-refractivity contribution in [3.05, 3.63) is 0 Å². The Morgan fingerprint density at radius 2 is 1.30 bits per heavy atom. The van der Waals surface area contributed by atoms with Gasteiger partial charge in [-0.15, -0.1) is 0 Å². The second kappa shape index (κ2) is 2.54. The molecule has 2 heterocycles. The lowest BCUT2D eigenvalue weighted by molar-refractivity contribution is -0.883. The lowest BCUT2D eigenvalue weighted by Crippen LogP contribution is -3.09. The first-order chi connectivity index (χ1) is 4.84. The summed E-state index contributed by atoms with van der Waals surface area (Å²) >= 11 is 0. The van der Waals surface area contributed by atoms with Crippen molar-refractivity contribution in [3.8, 4) is 0 Å². The van der Waals surface area contributed by atoms with E-state index < -0.39 is 0 Å². The van der Waals surface area contributed by atoms with Gasteiger partial charge in [0.1, 0.15) is 0 Å². The summed E-state index contributed by atoms with van der Waals surface area (Å²) in [6, 6.07) is 0. The summed E-state index contributed by atoms with van der Waals surface area (Å²) in [5.74, 6) is 2.16. The standard InChI is InChI=1S/C9H17N/c1-10-6-8-2-3-9(7-10)5-4-8/h8-9H,2-7H2,1H3/p+1. The molecule has 3 rings (SSSR count). The van der Waals surface area contributed by atoms with Crippen LogP contribution in [0.3, 0.4) is 0 Å². The minimum atomic E-state index is 1.08. The van der Waals surface area contributed by atoms with Crippen LogP contribution in [-0.2, 0) is 0 Å². The first-order valence-corrected chi connectivity index (χ1v) is 4.66. The van der Waals surface area contributed by atoms with Gasteiger partial charge in [-0.05, 0) is 25.7 Å². The van der Waals surface area contributed by atoms with Crippen LogP contribution in [0.15, 0.2) is 0 Å². The van der Waals surface area contributed by atoms with Crippen LogP contribution >= 0.6 is 0 Å². The maximum Gasteiger partial charge on any atom is 0.0797 e. The van der Waals surface area contributed by atoms with E-state index in [9.17, 15) is 0 Å². The summed E-state index contributed by atoms with van der Waals surface area (Å²) in [5, 5.41) is 0. The van der Waals surface area contributed by atoms with Gasteiger partial charge < -0.3 is 4.90 Å². The van der Waals surface area contributed by atoms with Crippen molar-refractivity contribution < 1.29 is 4.90 Å². The van der Waals surface area contributed by atoms with Crippen molar-refractivity contribution >= 4 is 0 Å². The third kappa shape index (κ3) is 1.20. The van der Waals surface area contributed by atoms with Crippen molar-refractivity contribution in [3.63, 3.8) is 0 Å². The van der Waals surface area contributed by atoms with Gasteiger partial charge in [-0.2, -0.15) is 0 Å². The molecule has 0 radical (unpaired) electrons. The Kier molecular flexibility index (Phi) is 1.69. The lowest BCUT2D eigenvalue weighted by Gasteiger charge is -2.18. The zero-order valence-corrected chi connectivity index (χ0v) is 6.90. The molecule has 2 aliphatic heterocycles. The quantitative estimate of drug-likeness (QED) is 0.494. The van der Waals surface area contributed by atoms with Gasteiger partial charge in [0.25, 0.3) is 0 Å². The Bertz CT molecular complexity index is 99.9. The van der Waals surface area contributed by atoms with E-state index in [4.69, 9.17) is 0 Å². The molecule has 0 aromatic rings. The average molecular weight is 140 g/mol. The van der Waals surface area contributed by atoms with E-state index in [0.717, 1.165) is 11.8 Å². The average Bonchev–Trinajstić information content (AvgIpc) is 2.17. The minimum Gasteiger partial charge on any atom is -0.337 e. The Balaban J connectivity index is 2.05. The molecule has 0 spiro atoms. The summed E-state index contributed by atoms with van der Waals surface area (Å²) in [7, 11) is 2.36. The fourth-order valence-electron chi connectivity index (χ4n) is 2.71. The predicted molar refractivity (Wildman–Crippen MR) is 42.1 cm³/mol. The van der Waals surface area contributed by atoms with Crippen LogP contribution in [0.5, 0.6) is 0 Å². The molecular formula is C9H18N+. The number of quaternary nitrogens is 1. The minimum absolute atomic E-state index is 1.08. The second-order valence-corrected chi connectivity index (χ2v) is 4.25. The zero-order valence-electron chi connectivity index (χ0n) is 6.90. The molecule has 2 saturated heterocycles. The van der Waals surface area contributed by atoms with Crippen LogP contribution in [0.4, 0.5) is 0 Å². The van der Waals surface area contributed by atoms with Gasteiger partial charge in [-0.1, -0.05) is 0 Å². The Morgan fingerprint density at radius 1 is 0.900 bits per heavy atom. The molecule has 1 heteroatoms. The summed E-state index contributed by atoms with van der Waals surface area (Å²) < 4.78 is 0. The number of hydrogen-bond donors (Lipinski definition) is 1. The third-order valence-electron chi connectivity index (χ3n) is 3.24. The smallest absolute Gasteiger partial charge is 0.0797 e. The number of nitrogens with one attached hydrogen (secondary N) is 1. The monoisotopic (exact) mass is 140 g/mol. The maximum absolute atomic E-state index is 2.36. The van der Waals surface area contributed by atoms with Crippen molar-refractivity contribution in [2.24, 2.45) is 11.8 Å². The number of rotatable bonds is 0. The molecule has 1 nitrogen and oxygen atoms in total. The van der Waals surface area contributed by atoms with E-state index >= 15 is 0 Å². The SMILES string of the molecule is C[NH+]1CC2CCC(CC2)C1. The van der Waals surface area contributed by atoms with E-state index in [2.05, 4.69) is 7.05 Å². The molecular weight excluding hydrogens is 122 g/mol. The van der Waals surface area contributed by atoms with E-state index in [1.165, 1.54) is 38.8 Å². The molecule has 1 aliphatic carbocycles. The first-order valence-electron chi connectivity index (χ1n) is 4.66. The van der Waals surface area contributed by atoms with E-state index in [-0.39, 0.29) is 0 Å². The van der Waals surface area contributed by atoms with Crippen LogP contribution < -0.4 is 4.90 Å². The molecule has 10 heavy (non-hydrogen) atoms. The highest BCUT2D eigenvalue weighted by Gasteiger charge is 2.29. The topological polar surface area (TPSA) is 4.44 Å². The molecule has 0 unspecified atom stereocenters. The molecule has 2 bridgehead atoms. The first kappa shape index (κ1) is 6.66. The van der Waals surface area contributed by atoms with Crippen LogP contribution in [-0.4, -0.2) is 20.1 Å². The van der Waals surface area contributed by atoms with Gasteiger partial charge in [0.15, 0.2) is 0 Å². The fraction of sp³-hybridized carbons (Fsp3) is 1.00. The fourth-order valence-corrected chi connectivity index (χ4v) is 2.71. The van der Waals surface area contributed by atoms with Gasteiger partial charge in [-0.3, -0.25) is 0 Å². The molecule has 1 N–H and O–H groups in total. The van der Waals surface area contributed by atoms with E-state index in [1.54, 1.807) is 4.90 Å². The van der Waals surface area contributed by atoms with Crippen molar-refractivity contribution in [1.82, 2.24) is 0 Å². The Labute approximate surface area is 63.4 Å². The molecule has 1 saturated carbocycles. The highest BCUT2D eigenvalue weighted by Crippen LogP contribution is 2.28. The summed E-state index contributed by atoms with van der Waals surface area (Å²) in [6.07, 6.45) is 6.12. The van der Waals surface area contributed by atoms with Gasteiger partial charge in [0, 0.05) is 11.8 Å². The molecule has 58 valence electrons. The Hall–Kier alpha value is -0.0400. The van der Waals surface area contributed by atoms with Crippen molar-refractivity contribution in [2.75, 3.05) is 20.1 Å². The molecule has 3 aliphatic rings. The summed E-state index contributed by atoms with van der Waals surface area (Å²) in [4.78, 5) is 1.78. The highest BCUT2D eigenvalue weighted by atomic mass is 15.1. The van der Waals surface area contributed by atoms with Crippen LogP contribution in [0.2, 0.25) is 0 Å². The van der Waals surface area contributed by atoms with Crippen LogP contribution in [0.1, 0.15) is 25.7 Å². The number of fused-ring (bicyclic) bond motifs is 4. The Morgan fingerprint density at radius 3 is 1.70 bits per heavy atom. The molecule has 0 aromatic carbocycles. The lowest BCUT2D eigenvalue weighted by atomic mass is 9.84. The molecule has 0 aromatic heterocycles. The van der Waals surface area contributed by atoms with Crippen molar-refractivity contribution in [1.29, 1.82) is 0 Å². The highest BCUT2D eigenvalue weighted by molar-refractivity contribution is 4.73.